The zero-order chi connectivity index (χ0) is 14.2. The van der Waals surface area contributed by atoms with Crippen molar-refractivity contribution in [2.45, 2.75) is 10.2 Å². The molecule has 3 aromatic heterocycles. The number of nitrogens with zero attached hydrogens (tertiary/aromatic N) is 6. The highest BCUT2D eigenvalue weighted by Gasteiger charge is 2.10. The Morgan fingerprint density at radius 3 is 3.00 bits per heavy atom. The third kappa shape index (κ3) is 2.30. The fourth-order valence-electron chi connectivity index (χ4n) is 1.93. The minimum atomic E-state index is 0.557. The Balaban J connectivity index is 1.80. The predicted octanol–water partition coefficient (Wildman–Crippen LogP) is 2.87. The summed E-state index contributed by atoms with van der Waals surface area (Å²) in [4.78, 5) is 17.0. The average molecular weight is 315 g/mol. The van der Waals surface area contributed by atoms with Gasteiger partial charge in [-0.25, -0.2) is 19.5 Å². The van der Waals surface area contributed by atoms with Crippen LogP contribution in [0.4, 0.5) is 0 Å². The molecule has 0 atom stereocenters. The number of benzene rings is 1. The number of halogens is 1. The molecule has 6 nitrogen and oxygen atoms in total. The highest BCUT2D eigenvalue weighted by Crippen LogP contribution is 2.30. The first-order valence-corrected chi connectivity index (χ1v) is 7.24. The topological polar surface area (TPSA) is 68.9 Å². The molecule has 4 aromatic rings. The highest BCUT2D eigenvalue weighted by molar-refractivity contribution is 7.99. The molecular weight excluding hydrogens is 308 g/mol. The highest BCUT2D eigenvalue weighted by atomic mass is 35.5. The first kappa shape index (κ1) is 12.5. The van der Waals surface area contributed by atoms with Crippen LogP contribution < -0.4 is 0 Å². The molecule has 0 saturated heterocycles. The summed E-state index contributed by atoms with van der Waals surface area (Å²) in [7, 11) is 0. The van der Waals surface area contributed by atoms with E-state index in [4.69, 9.17) is 11.6 Å². The molecule has 0 bridgehead atoms. The van der Waals surface area contributed by atoms with Crippen LogP contribution in [-0.2, 0) is 0 Å². The first-order valence-electron chi connectivity index (χ1n) is 6.05. The van der Waals surface area contributed by atoms with E-state index in [1.54, 1.807) is 29.0 Å². The van der Waals surface area contributed by atoms with Crippen molar-refractivity contribution in [1.82, 2.24) is 29.5 Å². The van der Waals surface area contributed by atoms with Crippen LogP contribution in [0.15, 0.2) is 53.2 Å². The van der Waals surface area contributed by atoms with Gasteiger partial charge in [-0.15, -0.1) is 5.10 Å². The maximum atomic E-state index is 5.98. The van der Waals surface area contributed by atoms with Gasteiger partial charge in [0.25, 0.3) is 5.78 Å². The van der Waals surface area contributed by atoms with Gasteiger partial charge < -0.3 is 0 Å². The Bertz CT molecular complexity index is 921. The summed E-state index contributed by atoms with van der Waals surface area (Å²) in [5, 5.41) is 7.28. The molecule has 0 radical (unpaired) electrons. The van der Waals surface area contributed by atoms with Crippen molar-refractivity contribution in [2.24, 2.45) is 0 Å². The summed E-state index contributed by atoms with van der Waals surface area (Å²) in [6, 6.07) is 7.32. The Kier molecular flexibility index (Phi) is 2.94. The molecule has 0 N–H and O–H groups in total. The van der Waals surface area contributed by atoms with Gasteiger partial charge in [0.2, 0.25) is 5.16 Å². The van der Waals surface area contributed by atoms with Crippen LogP contribution in [0.2, 0.25) is 5.02 Å². The molecule has 4 rings (SSSR count). The van der Waals surface area contributed by atoms with E-state index in [1.165, 1.54) is 18.1 Å². The molecule has 0 amide bonds. The summed E-state index contributed by atoms with van der Waals surface area (Å²) < 4.78 is 1.63. The molecule has 0 saturated carbocycles. The van der Waals surface area contributed by atoms with Crippen molar-refractivity contribution >= 4 is 40.0 Å². The maximum absolute atomic E-state index is 5.98. The Labute approximate surface area is 128 Å². The van der Waals surface area contributed by atoms with Crippen LogP contribution in [-0.4, -0.2) is 29.5 Å². The third-order valence-electron chi connectivity index (χ3n) is 2.85. The molecule has 102 valence electrons. The Morgan fingerprint density at radius 2 is 2.10 bits per heavy atom. The fourth-order valence-corrected chi connectivity index (χ4v) is 2.91. The van der Waals surface area contributed by atoms with Gasteiger partial charge in [-0.3, -0.25) is 0 Å². The largest absolute Gasteiger partial charge is 0.253 e. The molecule has 0 aliphatic rings. The van der Waals surface area contributed by atoms with Crippen LogP contribution in [0.25, 0.3) is 16.7 Å². The number of rotatable bonds is 2. The van der Waals surface area contributed by atoms with E-state index in [-0.39, 0.29) is 0 Å². The first-order chi connectivity index (χ1) is 10.3. The van der Waals surface area contributed by atoms with Crippen LogP contribution in [0.5, 0.6) is 0 Å². The molecule has 21 heavy (non-hydrogen) atoms. The lowest BCUT2D eigenvalue weighted by Crippen LogP contribution is -1.88. The van der Waals surface area contributed by atoms with Gasteiger partial charge in [0, 0.05) is 22.8 Å². The van der Waals surface area contributed by atoms with Crippen molar-refractivity contribution in [3.63, 3.8) is 0 Å². The van der Waals surface area contributed by atoms with Gasteiger partial charge in [0.05, 0.1) is 5.52 Å². The van der Waals surface area contributed by atoms with Crippen LogP contribution in [0.1, 0.15) is 0 Å². The number of hydrogen-bond donors (Lipinski definition) is 0. The average Bonchev–Trinajstić information content (AvgIpc) is 2.89. The molecule has 0 spiro atoms. The maximum Gasteiger partial charge on any atom is 0.253 e. The summed E-state index contributed by atoms with van der Waals surface area (Å²) in [5.74, 6) is 0.557. The van der Waals surface area contributed by atoms with E-state index in [1.807, 2.05) is 12.1 Å². The number of fused-ring (bicyclic) bond motifs is 2. The third-order valence-corrected chi connectivity index (χ3v) is 3.96. The van der Waals surface area contributed by atoms with Crippen molar-refractivity contribution in [2.75, 3.05) is 0 Å². The molecule has 0 aliphatic carbocycles. The SMILES string of the molecule is Clc1ccc2c(Sc3nc4ncccn4n3)ncnc2c1. The zero-order valence-electron chi connectivity index (χ0n) is 10.5. The monoisotopic (exact) mass is 314 g/mol. The molecule has 3 heterocycles. The predicted molar refractivity (Wildman–Crippen MR) is 79.5 cm³/mol. The standard InChI is InChI=1S/C13H7ClN6S/c14-8-2-3-9-10(6-8)16-7-17-11(9)21-13-18-12-15-4-1-5-20(12)19-13/h1-7H. The van der Waals surface area contributed by atoms with Crippen LogP contribution in [0.3, 0.4) is 0 Å². The molecule has 0 aliphatic heterocycles. The Hall–Kier alpha value is -2.25. The lowest BCUT2D eigenvalue weighted by atomic mass is 10.2. The van der Waals surface area contributed by atoms with Crippen molar-refractivity contribution in [1.29, 1.82) is 0 Å². The quantitative estimate of drug-likeness (QED) is 0.530. The second-order valence-electron chi connectivity index (χ2n) is 4.20. The van der Waals surface area contributed by atoms with E-state index in [0.717, 1.165) is 15.9 Å². The zero-order valence-corrected chi connectivity index (χ0v) is 12.1. The van der Waals surface area contributed by atoms with Gasteiger partial charge in [-0.05, 0) is 36.0 Å². The molecular formula is C13H7ClN6S. The van der Waals surface area contributed by atoms with Gasteiger partial charge >= 0.3 is 0 Å². The molecule has 8 heteroatoms. The fraction of sp³-hybridized carbons (Fsp3) is 0. The van der Waals surface area contributed by atoms with Crippen LogP contribution in [0, 0.1) is 0 Å². The number of hydrogen-bond acceptors (Lipinski definition) is 6. The van der Waals surface area contributed by atoms with Gasteiger partial charge in [-0.2, -0.15) is 4.98 Å². The van der Waals surface area contributed by atoms with Crippen molar-refractivity contribution in [3.8, 4) is 0 Å². The number of aromatic nitrogens is 6. The van der Waals surface area contributed by atoms with E-state index in [9.17, 15) is 0 Å². The summed E-state index contributed by atoms with van der Waals surface area (Å²) >= 11 is 7.35. The van der Waals surface area contributed by atoms with E-state index < -0.39 is 0 Å². The Morgan fingerprint density at radius 1 is 1.14 bits per heavy atom. The summed E-state index contributed by atoms with van der Waals surface area (Å²) in [6.45, 7) is 0. The van der Waals surface area contributed by atoms with E-state index in [0.29, 0.717) is 16.0 Å². The van der Waals surface area contributed by atoms with Gasteiger partial charge in [0.1, 0.15) is 11.4 Å². The lowest BCUT2D eigenvalue weighted by molar-refractivity contribution is 0.878. The van der Waals surface area contributed by atoms with Crippen molar-refractivity contribution in [3.05, 3.63) is 48.0 Å². The molecule has 1 aromatic carbocycles. The summed E-state index contributed by atoms with van der Waals surface area (Å²) in [5.41, 5.74) is 0.793. The lowest BCUT2D eigenvalue weighted by Gasteiger charge is -2.02. The summed E-state index contributed by atoms with van der Waals surface area (Å²) in [6.07, 6.45) is 4.99. The molecule has 0 unspecified atom stereocenters. The molecule has 0 fully saturated rings. The smallest absolute Gasteiger partial charge is 0.236 e. The van der Waals surface area contributed by atoms with E-state index >= 15 is 0 Å². The second-order valence-corrected chi connectivity index (χ2v) is 5.59. The van der Waals surface area contributed by atoms with Gasteiger partial charge in [-0.1, -0.05) is 11.6 Å². The van der Waals surface area contributed by atoms with Crippen LogP contribution >= 0.6 is 23.4 Å². The van der Waals surface area contributed by atoms with Crippen molar-refractivity contribution < 1.29 is 0 Å². The van der Waals surface area contributed by atoms with E-state index in [2.05, 4.69) is 25.0 Å². The minimum Gasteiger partial charge on any atom is -0.236 e. The second kappa shape index (κ2) is 4.94. The van der Waals surface area contributed by atoms with Gasteiger partial charge in [0.15, 0.2) is 0 Å². The minimum absolute atomic E-state index is 0.557. The normalized spacial score (nSPS) is 11.3.